The van der Waals surface area contributed by atoms with Gasteiger partial charge < -0.3 is 14.8 Å². The number of nitrogens with zero attached hydrogens (tertiary/aromatic N) is 4. The zero-order valence-corrected chi connectivity index (χ0v) is 16.6. The van der Waals surface area contributed by atoms with Crippen molar-refractivity contribution in [2.45, 2.75) is 31.2 Å². The molecule has 9 heteroatoms. The summed E-state index contributed by atoms with van der Waals surface area (Å²) in [5.41, 5.74) is 0.947. The van der Waals surface area contributed by atoms with Crippen LogP contribution < -0.4 is 5.32 Å². The van der Waals surface area contributed by atoms with Gasteiger partial charge in [0.1, 0.15) is 11.4 Å². The molecule has 2 saturated heterocycles. The highest BCUT2D eigenvalue weighted by Gasteiger charge is 2.51. The number of fused-ring (bicyclic) bond motifs is 1. The van der Waals surface area contributed by atoms with E-state index in [0.29, 0.717) is 43.8 Å². The number of carbonyl (C=O) groups excluding carboxylic acids is 3. The second-order valence-electron chi connectivity index (χ2n) is 7.48. The number of likely N-dealkylation sites (tertiary alicyclic amines) is 1. The molecule has 1 N–H and O–H groups in total. The van der Waals surface area contributed by atoms with Crippen LogP contribution in [0.2, 0.25) is 5.02 Å². The number of likely N-dealkylation sites (N-methyl/N-ethyl adjacent to an activating group) is 1. The van der Waals surface area contributed by atoms with Crippen LogP contribution in [0.5, 0.6) is 0 Å². The van der Waals surface area contributed by atoms with Gasteiger partial charge in [-0.15, -0.1) is 0 Å². The number of nitrogens with one attached hydrogen (secondary N) is 1. The van der Waals surface area contributed by atoms with Gasteiger partial charge in [0, 0.05) is 45.0 Å². The maximum absolute atomic E-state index is 12.7. The van der Waals surface area contributed by atoms with E-state index < -0.39 is 5.54 Å². The highest BCUT2D eigenvalue weighted by atomic mass is 35.5. The molecule has 28 heavy (non-hydrogen) atoms. The lowest BCUT2D eigenvalue weighted by Gasteiger charge is -2.37. The largest absolute Gasteiger partial charge is 0.342 e. The molecule has 0 bridgehead atoms. The van der Waals surface area contributed by atoms with Crippen molar-refractivity contribution in [2.75, 3.05) is 20.1 Å². The minimum Gasteiger partial charge on any atom is -0.342 e. The zero-order valence-electron chi connectivity index (χ0n) is 15.9. The summed E-state index contributed by atoms with van der Waals surface area (Å²) in [6.45, 7) is 0.910. The molecule has 4 amide bonds. The molecule has 148 valence electrons. The van der Waals surface area contributed by atoms with Crippen LogP contribution in [-0.2, 0) is 23.1 Å². The standard InChI is InChI=1S/C19H22ClN5O3/c1-23-14-4-3-12(20)11-13(14)21-15(23)5-6-16(26)25-9-7-19(8-10-25)17(27)24(2)18(28)22-19/h3-4,11H,5-10H2,1-2H3,(H,22,28). The fourth-order valence-electron chi connectivity index (χ4n) is 4.06. The van der Waals surface area contributed by atoms with Crippen molar-refractivity contribution in [3.8, 4) is 0 Å². The Labute approximate surface area is 167 Å². The summed E-state index contributed by atoms with van der Waals surface area (Å²) in [5, 5.41) is 3.42. The lowest BCUT2D eigenvalue weighted by atomic mass is 9.87. The molecule has 0 radical (unpaired) electrons. The predicted octanol–water partition coefficient (Wildman–Crippen LogP) is 1.70. The predicted molar refractivity (Wildman–Crippen MR) is 104 cm³/mol. The Balaban J connectivity index is 1.37. The molecule has 2 aliphatic rings. The molecule has 4 rings (SSSR count). The summed E-state index contributed by atoms with van der Waals surface area (Å²) in [4.78, 5) is 44.2. The van der Waals surface area contributed by atoms with Gasteiger partial charge in [-0.2, -0.15) is 0 Å². The van der Waals surface area contributed by atoms with Crippen LogP contribution in [0.15, 0.2) is 18.2 Å². The first-order valence-electron chi connectivity index (χ1n) is 9.30. The molecule has 0 atom stereocenters. The number of urea groups is 1. The Kier molecular flexibility index (Phi) is 4.53. The second-order valence-corrected chi connectivity index (χ2v) is 7.91. The van der Waals surface area contributed by atoms with Gasteiger partial charge in [-0.3, -0.25) is 14.5 Å². The number of halogens is 1. The molecule has 2 aliphatic heterocycles. The van der Waals surface area contributed by atoms with Gasteiger partial charge >= 0.3 is 6.03 Å². The average molecular weight is 404 g/mol. The summed E-state index contributed by atoms with van der Waals surface area (Å²) in [6, 6.07) is 5.19. The summed E-state index contributed by atoms with van der Waals surface area (Å²) in [5.74, 6) is 0.659. The van der Waals surface area contributed by atoms with E-state index in [1.165, 1.54) is 7.05 Å². The molecular formula is C19H22ClN5O3. The minimum atomic E-state index is -0.848. The Hall–Kier alpha value is -2.61. The molecule has 0 unspecified atom stereocenters. The van der Waals surface area contributed by atoms with Crippen molar-refractivity contribution in [1.82, 2.24) is 24.7 Å². The van der Waals surface area contributed by atoms with E-state index >= 15 is 0 Å². The average Bonchev–Trinajstić information content (AvgIpc) is 3.09. The Morgan fingerprint density at radius 2 is 1.96 bits per heavy atom. The second kappa shape index (κ2) is 6.77. The normalized spacial score (nSPS) is 19.0. The highest BCUT2D eigenvalue weighted by molar-refractivity contribution is 6.31. The zero-order chi connectivity index (χ0) is 20.1. The van der Waals surface area contributed by atoms with Crippen molar-refractivity contribution in [3.63, 3.8) is 0 Å². The number of imidazole rings is 1. The van der Waals surface area contributed by atoms with Crippen LogP contribution in [0.3, 0.4) is 0 Å². The monoisotopic (exact) mass is 403 g/mol. The first kappa shape index (κ1) is 18.7. The number of piperidine rings is 1. The minimum absolute atomic E-state index is 0.0325. The fraction of sp³-hybridized carbons (Fsp3) is 0.474. The molecule has 0 saturated carbocycles. The van der Waals surface area contributed by atoms with E-state index in [2.05, 4.69) is 10.3 Å². The number of amides is 4. The number of aryl methyl sites for hydroxylation is 2. The third-order valence-electron chi connectivity index (χ3n) is 5.83. The molecule has 1 aromatic heterocycles. The summed E-state index contributed by atoms with van der Waals surface area (Å²) < 4.78 is 1.98. The van der Waals surface area contributed by atoms with Gasteiger partial charge in [-0.1, -0.05) is 11.6 Å². The maximum atomic E-state index is 12.7. The number of hydrogen-bond donors (Lipinski definition) is 1. The number of hydrogen-bond acceptors (Lipinski definition) is 4. The van der Waals surface area contributed by atoms with E-state index in [4.69, 9.17) is 11.6 Å². The van der Waals surface area contributed by atoms with E-state index in [-0.39, 0.29) is 17.8 Å². The number of aromatic nitrogens is 2. The smallest absolute Gasteiger partial charge is 0.324 e. The van der Waals surface area contributed by atoms with Crippen molar-refractivity contribution in [2.24, 2.45) is 7.05 Å². The van der Waals surface area contributed by atoms with Crippen LogP contribution in [0, 0.1) is 0 Å². The number of rotatable bonds is 3. The summed E-state index contributed by atoms with van der Waals surface area (Å²) >= 11 is 6.03. The van der Waals surface area contributed by atoms with E-state index in [1.807, 2.05) is 29.8 Å². The first-order chi connectivity index (χ1) is 13.3. The van der Waals surface area contributed by atoms with E-state index in [0.717, 1.165) is 21.8 Å². The first-order valence-corrected chi connectivity index (χ1v) is 9.67. The van der Waals surface area contributed by atoms with Crippen LogP contribution in [0.1, 0.15) is 25.1 Å². The number of benzene rings is 1. The molecule has 1 aromatic carbocycles. The Morgan fingerprint density at radius 1 is 1.25 bits per heavy atom. The van der Waals surface area contributed by atoms with Crippen LogP contribution in [-0.4, -0.2) is 62.9 Å². The maximum Gasteiger partial charge on any atom is 0.324 e. The van der Waals surface area contributed by atoms with Crippen molar-refractivity contribution < 1.29 is 14.4 Å². The molecular weight excluding hydrogens is 382 g/mol. The van der Waals surface area contributed by atoms with Gasteiger partial charge in [0.15, 0.2) is 0 Å². The molecule has 0 aliphatic carbocycles. The van der Waals surface area contributed by atoms with Crippen molar-refractivity contribution >= 4 is 40.5 Å². The fourth-order valence-corrected chi connectivity index (χ4v) is 4.22. The molecule has 8 nitrogen and oxygen atoms in total. The molecule has 1 spiro atoms. The highest BCUT2D eigenvalue weighted by Crippen LogP contribution is 2.29. The number of carbonyl (C=O) groups is 3. The quantitative estimate of drug-likeness (QED) is 0.790. The van der Waals surface area contributed by atoms with Gasteiger partial charge in [0.2, 0.25) is 5.91 Å². The lowest BCUT2D eigenvalue weighted by Crippen LogP contribution is -2.55. The topological polar surface area (TPSA) is 87.5 Å². The Morgan fingerprint density at radius 3 is 2.61 bits per heavy atom. The molecule has 2 aromatic rings. The third-order valence-corrected chi connectivity index (χ3v) is 6.07. The summed E-state index contributed by atoms with van der Waals surface area (Å²) in [7, 11) is 3.41. The van der Waals surface area contributed by atoms with Gasteiger partial charge in [-0.05, 0) is 31.0 Å². The molecule has 2 fully saturated rings. The van der Waals surface area contributed by atoms with E-state index in [1.54, 1.807) is 4.90 Å². The van der Waals surface area contributed by atoms with Gasteiger partial charge in [0.05, 0.1) is 11.0 Å². The summed E-state index contributed by atoms with van der Waals surface area (Å²) in [6.07, 6.45) is 1.76. The lowest BCUT2D eigenvalue weighted by molar-refractivity contribution is -0.138. The van der Waals surface area contributed by atoms with Gasteiger partial charge in [-0.25, -0.2) is 9.78 Å². The van der Waals surface area contributed by atoms with Crippen LogP contribution >= 0.6 is 11.6 Å². The van der Waals surface area contributed by atoms with Crippen LogP contribution in [0.4, 0.5) is 4.79 Å². The Bertz CT molecular complexity index is 977. The molecule has 3 heterocycles. The third kappa shape index (κ3) is 3.01. The SMILES string of the molecule is CN1C(=O)NC2(CCN(C(=O)CCc3nc4cc(Cl)ccc4n3C)CC2)C1=O. The van der Waals surface area contributed by atoms with Crippen molar-refractivity contribution in [3.05, 3.63) is 29.0 Å². The van der Waals surface area contributed by atoms with Crippen molar-refractivity contribution in [1.29, 1.82) is 0 Å². The van der Waals surface area contributed by atoms with Crippen LogP contribution in [0.25, 0.3) is 11.0 Å². The number of imide groups is 1. The van der Waals surface area contributed by atoms with Gasteiger partial charge in [0.25, 0.3) is 5.91 Å². The van der Waals surface area contributed by atoms with E-state index in [9.17, 15) is 14.4 Å².